The van der Waals surface area contributed by atoms with Gasteiger partial charge in [-0.05, 0) is 61.7 Å². The monoisotopic (exact) mass is 508 g/mol. The molecule has 1 saturated heterocycles. The Morgan fingerprint density at radius 3 is 2.50 bits per heavy atom. The zero-order valence-corrected chi connectivity index (χ0v) is 22.4. The van der Waals surface area contributed by atoms with Crippen LogP contribution in [-0.2, 0) is 28.5 Å². The molecular weight excluding hydrogens is 464 g/mol. The molecule has 4 aliphatic carbocycles. The fourth-order valence-corrected chi connectivity index (χ4v) is 9.19. The van der Waals surface area contributed by atoms with E-state index >= 15 is 0 Å². The number of methoxy groups -OCH3 is 1. The van der Waals surface area contributed by atoms with E-state index in [1.165, 1.54) is 14.0 Å². The molecule has 4 unspecified atom stereocenters. The number of aliphatic hydroxyl groups is 2. The summed E-state index contributed by atoms with van der Waals surface area (Å²) >= 11 is 0. The highest BCUT2D eigenvalue weighted by molar-refractivity contribution is 5.66. The van der Waals surface area contributed by atoms with E-state index in [9.17, 15) is 15.0 Å². The van der Waals surface area contributed by atoms with Crippen molar-refractivity contribution >= 4 is 5.97 Å². The number of carbonyl (C=O) groups excluding carboxylic acids is 1. The molecule has 0 radical (unpaired) electrons. The van der Waals surface area contributed by atoms with Gasteiger partial charge in [-0.1, -0.05) is 26.0 Å². The highest BCUT2D eigenvalue weighted by Crippen LogP contribution is 2.69. The van der Waals surface area contributed by atoms with Crippen LogP contribution in [0.2, 0.25) is 0 Å². The van der Waals surface area contributed by atoms with Gasteiger partial charge in [0.2, 0.25) is 5.79 Å². The van der Waals surface area contributed by atoms with Gasteiger partial charge in [-0.15, -0.1) is 0 Å². The number of fused-ring (bicyclic) bond motifs is 5. The molecule has 0 bridgehead atoms. The summed E-state index contributed by atoms with van der Waals surface area (Å²) in [6, 6.07) is 0. The molecule has 36 heavy (non-hydrogen) atoms. The predicted octanol–water partition coefficient (Wildman–Crippen LogP) is 3.40. The molecule has 3 saturated carbocycles. The van der Waals surface area contributed by atoms with E-state index in [1.54, 1.807) is 0 Å². The first-order valence-electron chi connectivity index (χ1n) is 13.7. The van der Waals surface area contributed by atoms with E-state index in [0.29, 0.717) is 37.4 Å². The summed E-state index contributed by atoms with van der Waals surface area (Å²) in [6.07, 6.45) is 7.86. The quantitative estimate of drug-likeness (QED) is 0.320. The molecule has 8 nitrogen and oxygen atoms in total. The summed E-state index contributed by atoms with van der Waals surface area (Å²) < 4.78 is 28.3. The van der Waals surface area contributed by atoms with Gasteiger partial charge in [-0.2, -0.15) is 0 Å². The standard InChI is InChI=1S/C28H44O8/c1-17(24-33-12-13-34-24)21-6-7-22-20-8-11-27(30)14-19(35-16-32-5)15-28(31,36-18(2)29)26(27,4)23(20)9-10-25(21,22)3/h8,11,17,19-24,30-31H,6-7,9-10,12-16H2,1-5H3/t17?,19?,20-,21+,22-,23-,25+,26+,27?,28?/m0/s1. The lowest BCUT2D eigenvalue weighted by atomic mass is 9.43. The van der Waals surface area contributed by atoms with Crippen molar-refractivity contribution in [2.75, 3.05) is 27.1 Å². The Labute approximate surface area is 214 Å². The topological polar surface area (TPSA) is 104 Å². The van der Waals surface area contributed by atoms with E-state index in [1.807, 2.05) is 13.0 Å². The SMILES string of the molecule is COCOC1CC2(O)C=C[C@H]3[C@@H]4CC[C@H](C(C)C5OCCO5)[C@@]4(C)CC[C@@H]3[C@@]2(C)C(O)(OC(C)=O)C1. The van der Waals surface area contributed by atoms with Crippen molar-refractivity contribution in [3.05, 3.63) is 12.2 Å². The number of hydrogen-bond donors (Lipinski definition) is 2. The van der Waals surface area contributed by atoms with Gasteiger partial charge in [0.05, 0.1) is 30.3 Å². The summed E-state index contributed by atoms with van der Waals surface area (Å²) in [7, 11) is 1.53. The molecule has 204 valence electrons. The van der Waals surface area contributed by atoms with E-state index < -0.39 is 28.9 Å². The molecule has 0 amide bonds. The Bertz CT molecular complexity index is 872. The van der Waals surface area contributed by atoms with E-state index in [4.69, 9.17) is 23.7 Å². The molecule has 5 rings (SSSR count). The zero-order chi connectivity index (χ0) is 25.9. The number of hydrogen-bond acceptors (Lipinski definition) is 8. The first kappa shape index (κ1) is 26.6. The van der Waals surface area contributed by atoms with Crippen LogP contribution in [-0.4, -0.2) is 67.1 Å². The minimum atomic E-state index is -1.86. The Morgan fingerprint density at radius 2 is 1.83 bits per heavy atom. The van der Waals surface area contributed by atoms with Crippen molar-refractivity contribution in [2.45, 2.75) is 90.0 Å². The Hall–Kier alpha value is -1.03. The molecule has 0 aromatic rings. The van der Waals surface area contributed by atoms with Crippen molar-refractivity contribution in [3.63, 3.8) is 0 Å². The van der Waals surface area contributed by atoms with Crippen LogP contribution in [0.1, 0.15) is 66.2 Å². The predicted molar refractivity (Wildman–Crippen MR) is 130 cm³/mol. The molecule has 1 heterocycles. The second kappa shape index (κ2) is 9.31. The third-order valence-corrected chi connectivity index (χ3v) is 10.9. The van der Waals surface area contributed by atoms with Crippen molar-refractivity contribution in [3.8, 4) is 0 Å². The molecule has 10 atom stereocenters. The lowest BCUT2D eigenvalue weighted by Gasteiger charge is -2.65. The normalized spacial score (nSPS) is 49.2. The molecule has 0 aromatic heterocycles. The van der Waals surface area contributed by atoms with Crippen molar-refractivity contribution in [1.82, 2.24) is 0 Å². The van der Waals surface area contributed by atoms with Crippen molar-refractivity contribution in [1.29, 1.82) is 0 Å². The van der Waals surface area contributed by atoms with Crippen molar-refractivity contribution in [2.24, 2.45) is 40.4 Å². The van der Waals surface area contributed by atoms with Gasteiger partial charge in [0.1, 0.15) is 6.79 Å². The fourth-order valence-electron chi connectivity index (χ4n) is 9.19. The molecule has 4 fully saturated rings. The lowest BCUT2D eigenvalue weighted by Crippen LogP contribution is -2.72. The zero-order valence-electron chi connectivity index (χ0n) is 22.4. The molecule has 0 spiro atoms. The largest absolute Gasteiger partial charge is 0.433 e. The first-order valence-corrected chi connectivity index (χ1v) is 13.7. The number of allylic oxidation sites excluding steroid dienone is 1. The second-order valence-electron chi connectivity index (χ2n) is 12.5. The number of carbonyl (C=O) groups is 1. The second-order valence-corrected chi connectivity index (χ2v) is 12.5. The number of ether oxygens (including phenoxy) is 5. The highest BCUT2D eigenvalue weighted by Gasteiger charge is 2.72. The van der Waals surface area contributed by atoms with Crippen LogP contribution >= 0.6 is 0 Å². The van der Waals surface area contributed by atoms with Crippen molar-refractivity contribution < 1.29 is 38.7 Å². The third kappa shape index (κ3) is 3.82. The minimum Gasteiger partial charge on any atom is -0.433 e. The maximum atomic E-state index is 12.2. The summed E-state index contributed by atoms with van der Waals surface area (Å²) in [5, 5.41) is 24.2. The number of rotatable bonds is 6. The Kier molecular flexibility index (Phi) is 6.87. The van der Waals surface area contributed by atoms with Crippen LogP contribution in [0.3, 0.4) is 0 Å². The third-order valence-electron chi connectivity index (χ3n) is 10.9. The van der Waals surface area contributed by atoms with Gasteiger partial charge >= 0.3 is 5.97 Å². The summed E-state index contributed by atoms with van der Waals surface area (Å²) in [5.74, 6) is -1.08. The Balaban J connectivity index is 1.48. The average Bonchev–Trinajstić information content (AvgIpc) is 3.46. The van der Waals surface area contributed by atoms with Gasteiger partial charge in [0.25, 0.3) is 0 Å². The molecule has 0 aromatic carbocycles. The maximum absolute atomic E-state index is 12.2. The first-order chi connectivity index (χ1) is 17.0. The summed E-state index contributed by atoms with van der Waals surface area (Å²) in [6.45, 7) is 9.27. The molecule has 8 heteroatoms. The van der Waals surface area contributed by atoms with Crippen LogP contribution in [0.25, 0.3) is 0 Å². The van der Waals surface area contributed by atoms with E-state index in [0.717, 1.165) is 25.7 Å². The van der Waals surface area contributed by atoms with Gasteiger partial charge < -0.3 is 33.9 Å². The number of esters is 1. The van der Waals surface area contributed by atoms with Crippen LogP contribution < -0.4 is 0 Å². The van der Waals surface area contributed by atoms with Crippen LogP contribution in [0.5, 0.6) is 0 Å². The summed E-state index contributed by atoms with van der Waals surface area (Å²) in [4.78, 5) is 12.2. The average molecular weight is 509 g/mol. The smallest absolute Gasteiger partial charge is 0.305 e. The molecule has 2 N–H and O–H groups in total. The van der Waals surface area contributed by atoms with Gasteiger partial charge in [-0.25, -0.2) is 0 Å². The molecule has 1 aliphatic heterocycles. The van der Waals surface area contributed by atoms with Crippen LogP contribution in [0.15, 0.2) is 12.2 Å². The van der Waals surface area contributed by atoms with Gasteiger partial charge in [0.15, 0.2) is 6.29 Å². The van der Waals surface area contributed by atoms with E-state index in [2.05, 4.69) is 19.9 Å². The van der Waals surface area contributed by atoms with E-state index in [-0.39, 0.29) is 36.8 Å². The van der Waals surface area contributed by atoms with Gasteiger partial charge in [0, 0.05) is 32.8 Å². The molecular formula is C28H44O8. The Morgan fingerprint density at radius 1 is 1.11 bits per heavy atom. The van der Waals surface area contributed by atoms with Gasteiger partial charge in [-0.3, -0.25) is 4.79 Å². The minimum absolute atomic E-state index is 0.0358. The summed E-state index contributed by atoms with van der Waals surface area (Å²) in [5.41, 5.74) is -2.33. The fraction of sp³-hybridized carbons (Fsp3) is 0.893. The maximum Gasteiger partial charge on any atom is 0.305 e. The highest BCUT2D eigenvalue weighted by atomic mass is 16.7. The van der Waals surface area contributed by atoms with Crippen LogP contribution in [0.4, 0.5) is 0 Å². The molecule has 5 aliphatic rings. The lowest BCUT2D eigenvalue weighted by molar-refractivity contribution is -0.351. The van der Waals surface area contributed by atoms with Crippen LogP contribution in [0, 0.1) is 40.4 Å².